The number of hydrogen-bond donors (Lipinski definition) is 2. The fourth-order valence-corrected chi connectivity index (χ4v) is 2.79. The number of nitrogens with zero attached hydrogens (tertiary/aromatic N) is 1. The lowest BCUT2D eigenvalue weighted by atomic mass is 10.2. The fourth-order valence-electron chi connectivity index (χ4n) is 2.66. The third-order valence-corrected chi connectivity index (χ3v) is 4.44. The van der Waals surface area contributed by atoms with Crippen molar-refractivity contribution >= 4 is 35.3 Å². The summed E-state index contributed by atoms with van der Waals surface area (Å²) in [6.45, 7) is 2.68. The number of para-hydroxylation sites is 1. The second-order valence-electron chi connectivity index (χ2n) is 6.57. The maximum absolute atomic E-state index is 11.9. The first-order valence-corrected chi connectivity index (χ1v) is 10.3. The molecule has 0 radical (unpaired) electrons. The summed E-state index contributed by atoms with van der Waals surface area (Å²) in [7, 11) is 0. The number of carbonyl (C=O) groups excluding carboxylic acids is 2. The second kappa shape index (κ2) is 11.5. The van der Waals surface area contributed by atoms with Crippen LogP contribution in [0.3, 0.4) is 0 Å². The Kier molecular flexibility index (Phi) is 8.22. The van der Waals surface area contributed by atoms with Crippen LogP contribution in [-0.2, 0) is 16.2 Å². The van der Waals surface area contributed by atoms with Crippen molar-refractivity contribution in [3.8, 4) is 11.5 Å². The summed E-state index contributed by atoms with van der Waals surface area (Å²) in [4.78, 5) is 23.8. The lowest BCUT2D eigenvalue weighted by molar-refractivity contribution is -0.136. The van der Waals surface area contributed by atoms with Gasteiger partial charge in [0, 0.05) is 10.7 Å². The fraction of sp³-hybridized carbons (Fsp3) is 0.125. The van der Waals surface area contributed by atoms with Crippen LogP contribution in [0.5, 0.6) is 11.5 Å². The van der Waals surface area contributed by atoms with Crippen LogP contribution in [0.25, 0.3) is 0 Å². The van der Waals surface area contributed by atoms with Gasteiger partial charge in [0.15, 0.2) is 11.5 Å². The molecule has 0 aliphatic carbocycles. The Morgan fingerprint density at radius 1 is 0.938 bits per heavy atom. The van der Waals surface area contributed by atoms with Gasteiger partial charge in [0.05, 0.1) is 12.8 Å². The van der Waals surface area contributed by atoms with E-state index in [0.717, 1.165) is 5.56 Å². The Labute approximate surface area is 191 Å². The molecule has 0 heterocycles. The zero-order valence-electron chi connectivity index (χ0n) is 17.4. The van der Waals surface area contributed by atoms with E-state index in [4.69, 9.17) is 21.1 Å². The molecule has 0 spiro atoms. The maximum Gasteiger partial charge on any atom is 0.329 e. The van der Waals surface area contributed by atoms with Crippen molar-refractivity contribution in [2.75, 3.05) is 11.9 Å². The molecule has 3 rings (SSSR count). The molecule has 8 heteroatoms. The van der Waals surface area contributed by atoms with E-state index in [1.807, 2.05) is 25.1 Å². The number of benzene rings is 3. The lowest BCUT2D eigenvalue weighted by Crippen LogP contribution is -2.32. The molecule has 2 amide bonds. The highest BCUT2D eigenvalue weighted by Gasteiger charge is 2.12. The second-order valence-corrected chi connectivity index (χ2v) is 7.01. The highest BCUT2D eigenvalue weighted by molar-refractivity contribution is 6.39. The average molecular weight is 452 g/mol. The number of hydrazone groups is 1. The van der Waals surface area contributed by atoms with Gasteiger partial charge in [-0.2, -0.15) is 5.10 Å². The molecule has 0 unspecified atom stereocenters. The zero-order valence-corrected chi connectivity index (χ0v) is 18.1. The first-order chi connectivity index (χ1) is 15.5. The van der Waals surface area contributed by atoms with Crippen molar-refractivity contribution in [3.63, 3.8) is 0 Å². The van der Waals surface area contributed by atoms with Crippen LogP contribution in [0.1, 0.15) is 18.1 Å². The number of hydrogen-bond acceptors (Lipinski definition) is 5. The summed E-state index contributed by atoms with van der Waals surface area (Å²) < 4.78 is 11.5. The highest BCUT2D eigenvalue weighted by Crippen LogP contribution is 2.29. The summed E-state index contributed by atoms with van der Waals surface area (Å²) in [6, 6.07) is 21.3. The molecule has 32 heavy (non-hydrogen) atoms. The van der Waals surface area contributed by atoms with E-state index >= 15 is 0 Å². The van der Waals surface area contributed by atoms with Crippen LogP contribution in [-0.4, -0.2) is 24.6 Å². The molecule has 3 aromatic rings. The van der Waals surface area contributed by atoms with Crippen molar-refractivity contribution in [2.45, 2.75) is 13.5 Å². The molecular weight excluding hydrogens is 430 g/mol. The van der Waals surface area contributed by atoms with E-state index in [0.29, 0.717) is 41.0 Å². The van der Waals surface area contributed by atoms with Gasteiger partial charge in [0.25, 0.3) is 0 Å². The molecule has 0 fully saturated rings. The molecule has 0 aliphatic rings. The quantitative estimate of drug-likeness (QED) is 0.301. The van der Waals surface area contributed by atoms with Gasteiger partial charge in [-0.1, -0.05) is 41.9 Å². The summed E-state index contributed by atoms with van der Waals surface area (Å²) in [5.41, 5.74) is 4.36. The number of amides is 2. The van der Waals surface area contributed by atoms with Gasteiger partial charge in [0.1, 0.15) is 6.61 Å². The first kappa shape index (κ1) is 22.8. The normalized spacial score (nSPS) is 10.6. The monoisotopic (exact) mass is 451 g/mol. The van der Waals surface area contributed by atoms with Crippen molar-refractivity contribution in [3.05, 3.63) is 88.9 Å². The third-order valence-electron chi connectivity index (χ3n) is 4.19. The summed E-state index contributed by atoms with van der Waals surface area (Å²) >= 11 is 5.91. The van der Waals surface area contributed by atoms with Crippen LogP contribution in [0.2, 0.25) is 5.02 Å². The minimum atomic E-state index is -0.877. The molecule has 0 saturated heterocycles. The van der Waals surface area contributed by atoms with E-state index in [2.05, 4.69) is 15.8 Å². The van der Waals surface area contributed by atoms with Crippen LogP contribution in [0, 0.1) is 0 Å². The first-order valence-electron chi connectivity index (χ1n) is 9.88. The lowest BCUT2D eigenvalue weighted by Gasteiger charge is -2.12. The molecule has 0 saturated carbocycles. The topological polar surface area (TPSA) is 89.0 Å². The van der Waals surface area contributed by atoms with E-state index in [-0.39, 0.29) is 0 Å². The van der Waals surface area contributed by atoms with Gasteiger partial charge >= 0.3 is 11.8 Å². The highest BCUT2D eigenvalue weighted by atomic mass is 35.5. The van der Waals surface area contributed by atoms with Gasteiger partial charge in [-0.15, -0.1) is 0 Å². The number of ether oxygens (including phenoxy) is 2. The minimum absolute atomic E-state index is 0.358. The molecule has 0 atom stereocenters. The van der Waals surface area contributed by atoms with Crippen LogP contribution in [0.4, 0.5) is 5.69 Å². The predicted octanol–water partition coefficient (Wildman–Crippen LogP) is 4.41. The standard InChI is InChI=1S/C24H22ClN3O4/c1-2-31-22-14-18(10-13-21(22)32-16-17-8-11-19(25)12-9-17)15-26-28-24(30)23(29)27-20-6-4-3-5-7-20/h3-15H,2,16H2,1H3,(H,27,29)(H,28,30). The molecule has 2 N–H and O–H groups in total. The predicted molar refractivity (Wildman–Crippen MR) is 124 cm³/mol. The van der Waals surface area contributed by atoms with Gasteiger partial charge in [-0.05, 0) is 60.5 Å². The van der Waals surface area contributed by atoms with E-state index in [1.54, 1.807) is 54.6 Å². The SMILES string of the molecule is CCOc1cc(C=NNC(=O)C(=O)Nc2ccccc2)ccc1OCc1ccc(Cl)cc1. The summed E-state index contributed by atoms with van der Waals surface area (Å²) in [5.74, 6) is -0.573. The van der Waals surface area contributed by atoms with Crippen molar-refractivity contribution in [1.29, 1.82) is 0 Å². The Balaban J connectivity index is 1.59. The molecule has 0 aliphatic heterocycles. The summed E-state index contributed by atoms with van der Waals surface area (Å²) in [5, 5.41) is 6.99. The Morgan fingerprint density at radius 3 is 2.41 bits per heavy atom. The molecule has 164 valence electrons. The van der Waals surface area contributed by atoms with Crippen LogP contribution >= 0.6 is 11.6 Å². The average Bonchev–Trinajstić information content (AvgIpc) is 2.80. The van der Waals surface area contributed by atoms with Crippen LogP contribution in [0.15, 0.2) is 77.9 Å². The number of nitrogens with one attached hydrogen (secondary N) is 2. The van der Waals surface area contributed by atoms with Crippen molar-refractivity contribution in [2.24, 2.45) is 5.10 Å². The van der Waals surface area contributed by atoms with Gasteiger partial charge in [-0.3, -0.25) is 9.59 Å². The third kappa shape index (κ3) is 6.85. The van der Waals surface area contributed by atoms with Gasteiger partial charge in [0.2, 0.25) is 0 Å². The minimum Gasteiger partial charge on any atom is -0.490 e. The molecule has 0 aromatic heterocycles. The molecule has 7 nitrogen and oxygen atoms in total. The van der Waals surface area contributed by atoms with Gasteiger partial charge in [-0.25, -0.2) is 5.43 Å². The van der Waals surface area contributed by atoms with E-state index in [1.165, 1.54) is 6.21 Å². The van der Waals surface area contributed by atoms with E-state index in [9.17, 15) is 9.59 Å². The Hall–Kier alpha value is -3.84. The molecule has 0 bridgehead atoms. The smallest absolute Gasteiger partial charge is 0.329 e. The van der Waals surface area contributed by atoms with Gasteiger partial charge < -0.3 is 14.8 Å². The number of anilines is 1. The van der Waals surface area contributed by atoms with Crippen molar-refractivity contribution in [1.82, 2.24) is 5.43 Å². The Morgan fingerprint density at radius 2 is 1.69 bits per heavy atom. The molecular formula is C24H22ClN3O4. The number of rotatable bonds is 8. The summed E-state index contributed by atoms with van der Waals surface area (Å²) in [6.07, 6.45) is 1.42. The van der Waals surface area contributed by atoms with Crippen LogP contribution < -0.4 is 20.2 Å². The van der Waals surface area contributed by atoms with E-state index < -0.39 is 11.8 Å². The largest absolute Gasteiger partial charge is 0.490 e. The maximum atomic E-state index is 11.9. The number of halogens is 1. The Bertz CT molecular complexity index is 1090. The zero-order chi connectivity index (χ0) is 22.8. The van der Waals surface area contributed by atoms with Crippen molar-refractivity contribution < 1.29 is 19.1 Å². The molecule has 3 aromatic carbocycles. The number of carbonyl (C=O) groups is 2.